The number of aliphatic hydroxyl groups is 1. The number of hydrogen-bond donors (Lipinski definition) is 1. The molecule has 22 heavy (non-hydrogen) atoms. The number of benzene rings is 2. The Labute approximate surface area is 127 Å². The lowest BCUT2D eigenvalue weighted by Gasteiger charge is -2.08. The van der Waals surface area contributed by atoms with E-state index < -0.39 is 0 Å². The Hall–Kier alpha value is -2.53. The molecule has 4 nitrogen and oxygen atoms in total. The largest absolute Gasteiger partial charge is 0.390 e. The van der Waals surface area contributed by atoms with Gasteiger partial charge < -0.3 is 5.11 Å². The smallest absolute Gasteiger partial charge is 0.123 e. The lowest BCUT2D eigenvalue weighted by molar-refractivity contribution is 0.275. The average molecular weight is 297 g/mol. The van der Waals surface area contributed by atoms with Gasteiger partial charge in [-0.25, -0.2) is 9.07 Å². The number of rotatable bonds is 4. The van der Waals surface area contributed by atoms with Crippen LogP contribution in [0.25, 0.3) is 5.69 Å². The standard InChI is InChI=1S/C17H16FN3O/c1-12-2-8-15(9-3-12)21-17(16(11-22)19-20-21)10-13-4-6-14(18)7-5-13/h2-9,22H,10-11H2,1H3. The minimum absolute atomic E-state index is 0.178. The summed E-state index contributed by atoms with van der Waals surface area (Å²) in [7, 11) is 0. The third kappa shape index (κ3) is 2.89. The van der Waals surface area contributed by atoms with E-state index in [1.165, 1.54) is 12.1 Å². The van der Waals surface area contributed by atoms with Crippen LogP contribution >= 0.6 is 0 Å². The summed E-state index contributed by atoms with van der Waals surface area (Å²) in [5, 5.41) is 17.6. The molecule has 1 heterocycles. The van der Waals surface area contributed by atoms with Crippen LogP contribution in [0.3, 0.4) is 0 Å². The van der Waals surface area contributed by atoms with E-state index in [2.05, 4.69) is 10.3 Å². The van der Waals surface area contributed by atoms with Crippen molar-refractivity contribution < 1.29 is 9.50 Å². The summed E-state index contributed by atoms with van der Waals surface area (Å²) in [4.78, 5) is 0. The van der Waals surface area contributed by atoms with Crippen LogP contribution < -0.4 is 0 Å². The van der Waals surface area contributed by atoms with Crippen LogP contribution in [-0.4, -0.2) is 20.1 Å². The predicted octanol–water partition coefficient (Wildman–Crippen LogP) is 2.80. The van der Waals surface area contributed by atoms with Crippen molar-refractivity contribution >= 4 is 0 Å². The maximum absolute atomic E-state index is 13.0. The van der Waals surface area contributed by atoms with Gasteiger partial charge in [0.15, 0.2) is 0 Å². The summed E-state index contributed by atoms with van der Waals surface area (Å²) in [6, 6.07) is 14.2. The van der Waals surface area contributed by atoms with E-state index in [-0.39, 0.29) is 12.4 Å². The van der Waals surface area contributed by atoms with Crippen LogP contribution in [-0.2, 0) is 13.0 Å². The Bertz CT molecular complexity index is 764. The second kappa shape index (κ2) is 6.07. The quantitative estimate of drug-likeness (QED) is 0.805. The molecular weight excluding hydrogens is 281 g/mol. The lowest BCUT2D eigenvalue weighted by Crippen LogP contribution is -2.05. The average Bonchev–Trinajstić information content (AvgIpc) is 2.93. The molecule has 0 radical (unpaired) electrons. The van der Waals surface area contributed by atoms with Gasteiger partial charge >= 0.3 is 0 Å². The normalized spacial score (nSPS) is 10.9. The molecule has 5 heteroatoms. The zero-order valence-electron chi connectivity index (χ0n) is 12.2. The van der Waals surface area contributed by atoms with Crippen molar-refractivity contribution in [3.05, 3.63) is 76.9 Å². The molecule has 0 aliphatic carbocycles. The summed E-state index contributed by atoms with van der Waals surface area (Å²) >= 11 is 0. The van der Waals surface area contributed by atoms with E-state index in [9.17, 15) is 9.50 Å². The fourth-order valence-corrected chi connectivity index (χ4v) is 2.32. The third-order valence-corrected chi connectivity index (χ3v) is 3.56. The highest BCUT2D eigenvalue weighted by atomic mass is 19.1. The molecule has 0 saturated heterocycles. The zero-order chi connectivity index (χ0) is 15.5. The third-order valence-electron chi connectivity index (χ3n) is 3.56. The second-order valence-electron chi connectivity index (χ2n) is 5.19. The van der Waals surface area contributed by atoms with Gasteiger partial charge in [0.1, 0.15) is 11.5 Å². The summed E-state index contributed by atoms with van der Waals surface area (Å²) in [6.07, 6.45) is 0.525. The number of hydrogen-bond acceptors (Lipinski definition) is 3. The Morgan fingerprint density at radius 2 is 1.73 bits per heavy atom. The first-order valence-electron chi connectivity index (χ1n) is 7.03. The summed E-state index contributed by atoms with van der Waals surface area (Å²) in [5.74, 6) is -0.267. The van der Waals surface area contributed by atoms with Crippen LogP contribution in [0.2, 0.25) is 0 Å². The van der Waals surface area contributed by atoms with E-state index in [0.717, 1.165) is 22.5 Å². The maximum Gasteiger partial charge on any atom is 0.123 e. The molecule has 0 atom stereocenters. The summed E-state index contributed by atoms with van der Waals surface area (Å²) in [6.45, 7) is 1.84. The minimum atomic E-state index is -0.267. The monoisotopic (exact) mass is 297 g/mol. The van der Waals surface area contributed by atoms with Gasteiger partial charge in [-0.2, -0.15) is 0 Å². The highest BCUT2D eigenvalue weighted by Crippen LogP contribution is 2.18. The molecule has 0 aliphatic heterocycles. The van der Waals surface area contributed by atoms with E-state index in [0.29, 0.717) is 12.1 Å². The number of aliphatic hydroxyl groups excluding tert-OH is 1. The van der Waals surface area contributed by atoms with Crippen LogP contribution in [0.5, 0.6) is 0 Å². The lowest BCUT2D eigenvalue weighted by atomic mass is 10.1. The molecule has 0 fully saturated rings. The van der Waals surface area contributed by atoms with Gasteiger partial charge in [-0.1, -0.05) is 35.0 Å². The Balaban J connectivity index is 2.00. The van der Waals surface area contributed by atoms with Crippen molar-refractivity contribution in [2.45, 2.75) is 20.0 Å². The number of aromatic nitrogens is 3. The van der Waals surface area contributed by atoms with Gasteiger partial charge in [-0.05, 0) is 36.8 Å². The van der Waals surface area contributed by atoms with Gasteiger partial charge in [0.25, 0.3) is 0 Å². The first-order valence-corrected chi connectivity index (χ1v) is 7.03. The molecule has 2 aromatic carbocycles. The number of aryl methyl sites for hydroxylation is 1. The zero-order valence-corrected chi connectivity index (χ0v) is 12.2. The fourth-order valence-electron chi connectivity index (χ4n) is 2.32. The van der Waals surface area contributed by atoms with Crippen LogP contribution in [0.1, 0.15) is 22.5 Å². The minimum Gasteiger partial charge on any atom is -0.390 e. The van der Waals surface area contributed by atoms with Crippen molar-refractivity contribution in [1.82, 2.24) is 15.0 Å². The highest BCUT2D eigenvalue weighted by Gasteiger charge is 2.14. The molecule has 0 aliphatic rings. The number of nitrogens with zero attached hydrogens (tertiary/aromatic N) is 3. The molecule has 1 N–H and O–H groups in total. The first kappa shape index (κ1) is 14.4. The molecule has 0 saturated carbocycles. The van der Waals surface area contributed by atoms with Gasteiger partial charge in [-0.15, -0.1) is 5.10 Å². The molecule has 112 valence electrons. The molecule has 3 aromatic rings. The molecule has 3 rings (SSSR count). The van der Waals surface area contributed by atoms with Crippen molar-refractivity contribution in [1.29, 1.82) is 0 Å². The van der Waals surface area contributed by atoms with Gasteiger partial charge in [-0.3, -0.25) is 0 Å². The van der Waals surface area contributed by atoms with E-state index >= 15 is 0 Å². The summed E-state index contributed by atoms with van der Waals surface area (Å²) < 4.78 is 14.7. The highest BCUT2D eigenvalue weighted by molar-refractivity contribution is 5.37. The topological polar surface area (TPSA) is 50.9 Å². The molecule has 0 bridgehead atoms. The Kier molecular flexibility index (Phi) is 3.98. The van der Waals surface area contributed by atoms with Crippen LogP contribution in [0.4, 0.5) is 4.39 Å². The Morgan fingerprint density at radius 1 is 1.05 bits per heavy atom. The van der Waals surface area contributed by atoms with E-state index in [4.69, 9.17) is 0 Å². The SMILES string of the molecule is Cc1ccc(-n2nnc(CO)c2Cc2ccc(F)cc2)cc1. The van der Waals surface area contributed by atoms with Crippen molar-refractivity contribution in [2.24, 2.45) is 0 Å². The predicted molar refractivity (Wildman–Crippen MR) is 81.2 cm³/mol. The van der Waals surface area contributed by atoms with Crippen LogP contribution in [0.15, 0.2) is 48.5 Å². The fraction of sp³-hybridized carbons (Fsp3) is 0.176. The van der Waals surface area contributed by atoms with Crippen molar-refractivity contribution in [3.8, 4) is 5.69 Å². The molecule has 0 amide bonds. The van der Waals surface area contributed by atoms with E-state index in [1.807, 2.05) is 31.2 Å². The van der Waals surface area contributed by atoms with Gasteiger partial charge in [0.2, 0.25) is 0 Å². The van der Waals surface area contributed by atoms with Crippen molar-refractivity contribution in [3.63, 3.8) is 0 Å². The van der Waals surface area contributed by atoms with Gasteiger partial charge in [0, 0.05) is 6.42 Å². The maximum atomic E-state index is 13.0. The molecule has 0 spiro atoms. The number of halogens is 1. The molecular formula is C17H16FN3O. The molecule has 1 aromatic heterocycles. The van der Waals surface area contributed by atoms with Crippen LogP contribution in [0, 0.1) is 12.7 Å². The first-order chi connectivity index (χ1) is 10.7. The van der Waals surface area contributed by atoms with Gasteiger partial charge in [0.05, 0.1) is 18.0 Å². The molecule has 0 unspecified atom stereocenters. The second-order valence-corrected chi connectivity index (χ2v) is 5.19. The van der Waals surface area contributed by atoms with Crippen molar-refractivity contribution in [2.75, 3.05) is 0 Å². The Morgan fingerprint density at radius 3 is 2.36 bits per heavy atom. The summed E-state index contributed by atoms with van der Waals surface area (Å²) in [5.41, 5.74) is 4.32. The van der Waals surface area contributed by atoms with E-state index in [1.54, 1.807) is 16.8 Å².